The summed E-state index contributed by atoms with van der Waals surface area (Å²) in [4.78, 5) is 20.3. The number of ether oxygens (including phenoxy) is 1. The number of hydrogen-bond acceptors (Lipinski definition) is 4. The van der Waals surface area contributed by atoms with E-state index in [1.165, 1.54) is 21.9 Å². The fourth-order valence-electron chi connectivity index (χ4n) is 5.41. The molecule has 0 aliphatic carbocycles. The lowest BCUT2D eigenvalue weighted by atomic mass is 9.95. The topological polar surface area (TPSA) is 59.4 Å². The Hall–Kier alpha value is -3.38. The molecule has 3 aromatic carbocycles. The van der Waals surface area contributed by atoms with Gasteiger partial charge in [0.15, 0.2) is 0 Å². The first-order valence-electron chi connectivity index (χ1n) is 12.7. The van der Waals surface area contributed by atoms with E-state index in [4.69, 9.17) is 9.72 Å². The number of hydrogen-bond donors (Lipinski definition) is 1. The number of aromatic nitrogens is 2. The summed E-state index contributed by atoms with van der Waals surface area (Å²) in [5.41, 5.74) is 5.76. The van der Waals surface area contributed by atoms with E-state index in [1.807, 2.05) is 0 Å². The minimum absolute atomic E-state index is 0.0508. The van der Waals surface area contributed by atoms with Gasteiger partial charge in [-0.25, -0.2) is 4.98 Å². The number of benzene rings is 3. The number of fused-ring (bicyclic) bond motifs is 2. The highest BCUT2D eigenvalue weighted by molar-refractivity contribution is 5.88. The van der Waals surface area contributed by atoms with Crippen molar-refractivity contribution in [3.63, 3.8) is 0 Å². The molecule has 0 spiro atoms. The van der Waals surface area contributed by atoms with Crippen LogP contribution in [0, 0.1) is 19.8 Å². The van der Waals surface area contributed by atoms with Crippen molar-refractivity contribution in [1.82, 2.24) is 14.9 Å². The van der Waals surface area contributed by atoms with Crippen LogP contribution < -0.4 is 10.2 Å². The van der Waals surface area contributed by atoms with Crippen molar-refractivity contribution in [1.29, 1.82) is 0 Å². The number of rotatable bonds is 4. The van der Waals surface area contributed by atoms with E-state index in [9.17, 15) is 4.79 Å². The van der Waals surface area contributed by atoms with Gasteiger partial charge < -0.3 is 15.0 Å². The van der Waals surface area contributed by atoms with Crippen LogP contribution in [0.4, 0.5) is 5.95 Å². The SMILES string of the molecule is Cc1cc2nc(N3CCC(C(=O)NC4CCOC4)CC3)n(-c3ccc4ccccc4c3)c2cc1C. The van der Waals surface area contributed by atoms with Crippen molar-refractivity contribution in [3.05, 3.63) is 65.7 Å². The summed E-state index contributed by atoms with van der Waals surface area (Å²) in [6.07, 6.45) is 2.58. The molecule has 2 aliphatic heterocycles. The lowest BCUT2D eigenvalue weighted by Crippen LogP contribution is -2.44. The average molecular weight is 469 g/mol. The van der Waals surface area contributed by atoms with Gasteiger partial charge in [-0.1, -0.05) is 30.3 Å². The molecule has 0 radical (unpaired) electrons. The predicted molar refractivity (Wildman–Crippen MR) is 140 cm³/mol. The Balaban J connectivity index is 1.33. The Kier molecular flexibility index (Phi) is 5.69. The second-order valence-corrected chi connectivity index (χ2v) is 10.0. The van der Waals surface area contributed by atoms with Crippen molar-refractivity contribution >= 4 is 33.7 Å². The third-order valence-electron chi connectivity index (χ3n) is 7.67. The first-order valence-corrected chi connectivity index (χ1v) is 12.7. The van der Waals surface area contributed by atoms with E-state index in [0.717, 1.165) is 61.6 Å². The van der Waals surface area contributed by atoms with Crippen molar-refractivity contribution in [3.8, 4) is 5.69 Å². The fraction of sp³-hybridized carbons (Fsp3) is 0.379. The zero-order chi connectivity index (χ0) is 23.9. The van der Waals surface area contributed by atoms with Crippen molar-refractivity contribution in [2.45, 2.75) is 39.2 Å². The van der Waals surface area contributed by atoms with Crippen LogP contribution in [0.25, 0.3) is 27.5 Å². The molecule has 2 saturated heterocycles. The zero-order valence-corrected chi connectivity index (χ0v) is 20.5. The molecule has 6 rings (SSSR count). The highest BCUT2D eigenvalue weighted by atomic mass is 16.5. The maximum absolute atomic E-state index is 12.8. The second kappa shape index (κ2) is 9.00. The number of anilines is 1. The summed E-state index contributed by atoms with van der Waals surface area (Å²) < 4.78 is 7.71. The molecule has 35 heavy (non-hydrogen) atoms. The maximum Gasteiger partial charge on any atom is 0.223 e. The Bertz CT molecular complexity index is 1390. The van der Waals surface area contributed by atoms with Gasteiger partial charge in [-0.15, -0.1) is 0 Å². The fourth-order valence-corrected chi connectivity index (χ4v) is 5.41. The van der Waals surface area contributed by atoms with Crippen LogP contribution in [0.15, 0.2) is 54.6 Å². The monoisotopic (exact) mass is 468 g/mol. The number of aryl methyl sites for hydroxylation is 2. The maximum atomic E-state index is 12.8. The van der Waals surface area contributed by atoms with Crippen LogP contribution >= 0.6 is 0 Å². The molecular weight excluding hydrogens is 436 g/mol. The van der Waals surface area contributed by atoms with E-state index >= 15 is 0 Å². The van der Waals surface area contributed by atoms with E-state index in [1.54, 1.807) is 0 Å². The van der Waals surface area contributed by atoms with E-state index in [-0.39, 0.29) is 17.9 Å². The minimum Gasteiger partial charge on any atom is -0.379 e. The van der Waals surface area contributed by atoms with Crippen LogP contribution in [0.3, 0.4) is 0 Å². The molecule has 1 atom stereocenters. The molecule has 1 aromatic heterocycles. The Morgan fingerprint density at radius 3 is 2.51 bits per heavy atom. The molecule has 180 valence electrons. The molecule has 6 heteroatoms. The second-order valence-electron chi connectivity index (χ2n) is 10.0. The molecule has 0 saturated carbocycles. The lowest BCUT2D eigenvalue weighted by Gasteiger charge is -2.33. The van der Waals surface area contributed by atoms with Crippen molar-refractivity contribution in [2.24, 2.45) is 5.92 Å². The molecule has 3 heterocycles. The number of nitrogens with one attached hydrogen (secondary N) is 1. The normalized spacial score (nSPS) is 19.0. The summed E-state index contributed by atoms with van der Waals surface area (Å²) in [5, 5.41) is 5.63. The summed E-state index contributed by atoms with van der Waals surface area (Å²) in [7, 11) is 0. The number of amides is 1. The summed E-state index contributed by atoms with van der Waals surface area (Å²) in [6.45, 7) is 7.31. The first-order chi connectivity index (χ1) is 17.1. The van der Waals surface area contributed by atoms with Gasteiger partial charge in [0.2, 0.25) is 11.9 Å². The third kappa shape index (κ3) is 4.16. The van der Waals surface area contributed by atoms with Crippen LogP contribution in [-0.4, -0.2) is 47.8 Å². The van der Waals surface area contributed by atoms with Gasteiger partial charge in [-0.05, 0) is 79.3 Å². The average Bonchev–Trinajstić information content (AvgIpc) is 3.52. The molecular formula is C29H32N4O2. The van der Waals surface area contributed by atoms with Gasteiger partial charge in [0.05, 0.1) is 23.7 Å². The molecule has 1 N–H and O–H groups in total. The molecule has 6 nitrogen and oxygen atoms in total. The van der Waals surface area contributed by atoms with E-state index in [0.29, 0.717) is 6.61 Å². The van der Waals surface area contributed by atoms with Crippen molar-refractivity contribution in [2.75, 3.05) is 31.2 Å². The minimum atomic E-state index is 0.0508. The predicted octanol–water partition coefficient (Wildman–Crippen LogP) is 4.92. The quantitative estimate of drug-likeness (QED) is 0.462. The number of nitrogens with zero attached hydrogens (tertiary/aromatic N) is 3. The van der Waals surface area contributed by atoms with E-state index in [2.05, 4.69) is 83.2 Å². The highest BCUT2D eigenvalue weighted by Crippen LogP contribution is 2.32. The van der Waals surface area contributed by atoms with Crippen LogP contribution in [0.5, 0.6) is 0 Å². The first kappa shape index (κ1) is 22.1. The molecule has 2 fully saturated rings. The van der Waals surface area contributed by atoms with Gasteiger partial charge in [0.1, 0.15) is 0 Å². The third-order valence-corrected chi connectivity index (χ3v) is 7.67. The number of carbonyl (C=O) groups is 1. The number of carbonyl (C=O) groups excluding carboxylic acids is 1. The van der Waals surface area contributed by atoms with E-state index < -0.39 is 0 Å². The smallest absolute Gasteiger partial charge is 0.223 e. The molecule has 2 aliphatic rings. The molecule has 1 amide bonds. The van der Waals surface area contributed by atoms with Gasteiger partial charge in [0.25, 0.3) is 0 Å². The van der Waals surface area contributed by atoms with Gasteiger partial charge >= 0.3 is 0 Å². The zero-order valence-electron chi connectivity index (χ0n) is 20.5. The Morgan fingerprint density at radius 2 is 1.74 bits per heavy atom. The highest BCUT2D eigenvalue weighted by Gasteiger charge is 2.30. The van der Waals surface area contributed by atoms with Crippen LogP contribution in [0.2, 0.25) is 0 Å². The summed E-state index contributed by atoms with van der Waals surface area (Å²) in [6, 6.07) is 19.7. The lowest BCUT2D eigenvalue weighted by molar-refractivity contribution is -0.126. The van der Waals surface area contributed by atoms with Gasteiger partial charge in [-0.3, -0.25) is 9.36 Å². The van der Waals surface area contributed by atoms with Gasteiger partial charge in [-0.2, -0.15) is 0 Å². The Labute approximate surface area is 205 Å². The molecule has 4 aromatic rings. The standard InChI is InChI=1S/C29H32N4O2/c1-19-15-26-27(16-20(19)2)33(25-8-7-21-5-3-4-6-23(21)17-25)29(31-26)32-12-9-22(10-13-32)28(34)30-24-11-14-35-18-24/h3-8,15-17,22,24H,9-14,18H2,1-2H3,(H,30,34). The van der Waals surface area contributed by atoms with Crippen LogP contribution in [-0.2, 0) is 9.53 Å². The van der Waals surface area contributed by atoms with Crippen LogP contribution in [0.1, 0.15) is 30.4 Å². The summed E-state index contributed by atoms with van der Waals surface area (Å²) >= 11 is 0. The number of piperidine rings is 1. The number of imidazole rings is 1. The van der Waals surface area contributed by atoms with Crippen molar-refractivity contribution < 1.29 is 9.53 Å². The molecule has 0 bridgehead atoms. The molecule has 1 unspecified atom stereocenters. The van der Waals surface area contributed by atoms with Gasteiger partial charge in [0, 0.05) is 31.3 Å². The largest absolute Gasteiger partial charge is 0.379 e. The summed E-state index contributed by atoms with van der Waals surface area (Å²) in [5.74, 6) is 1.19. The Morgan fingerprint density at radius 1 is 0.971 bits per heavy atom.